The number of aliphatic hydroxyl groups is 6. The number of alkyl halides is 4. The van der Waals surface area contributed by atoms with E-state index < -0.39 is 116 Å². The third kappa shape index (κ3) is 8.91. The Kier molecular flexibility index (Phi) is 15.0. The van der Waals surface area contributed by atoms with Crippen LogP contribution in [0.1, 0.15) is 27.7 Å². The fraction of sp³-hybridized carbons (Fsp3) is 0.840. The lowest BCUT2D eigenvalue weighted by molar-refractivity contribution is -0.284. The number of ether oxygens (including phenoxy) is 3. The van der Waals surface area contributed by atoms with Gasteiger partial charge in [-0.1, -0.05) is 13.8 Å². The zero-order valence-corrected chi connectivity index (χ0v) is 25.4. The number of carbonyl (C=O) groups excluding carboxylic acids is 1. The molecule has 0 amide bonds. The molecule has 2 fully saturated rings. The van der Waals surface area contributed by atoms with Gasteiger partial charge in [0, 0.05) is 11.8 Å². The Morgan fingerprint density at radius 1 is 0.848 bits per heavy atom. The molecule has 21 heteroatoms. The molecule has 0 aromatic carbocycles. The minimum atomic E-state index is -3.81. The number of hydrogen-bond acceptors (Lipinski definition) is 13. The molecule has 268 valence electrons. The molecule has 0 aromatic heterocycles. The summed E-state index contributed by atoms with van der Waals surface area (Å²) in [4.78, 5) is 30.1. The minimum Gasteiger partial charge on any atom is -0.477 e. The fourth-order valence-corrected chi connectivity index (χ4v) is 4.85. The van der Waals surface area contributed by atoms with Crippen molar-refractivity contribution in [1.82, 2.24) is 0 Å². The third-order valence-corrected chi connectivity index (χ3v) is 7.37. The summed E-state index contributed by atoms with van der Waals surface area (Å²) in [7, 11) is 0. The maximum absolute atomic E-state index is 15.0. The van der Waals surface area contributed by atoms with E-state index >= 15 is 0 Å². The number of rotatable bonds is 11. The van der Waals surface area contributed by atoms with Gasteiger partial charge in [-0.3, -0.25) is 4.99 Å². The predicted octanol–water partition coefficient (Wildman–Crippen LogP) is -3.49. The summed E-state index contributed by atoms with van der Waals surface area (Å²) >= 11 is 0. The maximum atomic E-state index is 15.0. The number of aliphatic hydroxyl groups excluding tert-OH is 6. The van der Waals surface area contributed by atoms with Gasteiger partial charge in [0.15, 0.2) is 18.3 Å². The second kappa shape index (κ2) is 16.8. The Balaban J connectivity index is 0.000000462. The van der Waals surface area contributed by atoms with E-state index in [0.717, 1.165) is 0 Å². The van der Waals surface area contributed by atoms with Gasteiger partial charge in [0.2, 0.25) is 0 Å². The number of carboxylic acid groups (broad SMARTS) is 1. The summed E-state index contributed by atoms with van der Waals surface area (Å²) < 4.78 is 72.0. The predicted molar refractivity (Wildman–Crippen MR) is 149 cm³/mol. The highest BCUT2D eigenvalue weighted by Gasteiger charge is 2.63. The average molecular weight is 682 g/mol. The summed E-state index contributed by atoms with van der Waals surface area (Å²) in [5.74, 6) is -13.9. The first kappa shape index (κ1) is 41.1. The average Bonchev–Trinajstić information content (AvgIpc) is 2.99. The quantitative estimate of drug-likeness (QED) is 0.0438. The topological polar surface area (TPSA) is 306 Å². The lowest BCUT2D eigenvalue weighted by Crippen LogP contribution is -2.64. The largest absolute Gasteiger partial charge is 0.477 e. The van der Waals surface area contributed by atoms with E-state index in [1.807, 2.05) is 0 Å². The highest BCUT2D eigenvalue weighted by molar-refractivity contribution is 5.80. The molecule has 2 saturated heterocycles. The molecule has 2 aliphatic heterocycles. The van der Waals surface area contributed by atoms with Crippen LogP contribution in [-0.4, -0.2) is 152 Å². The minimum absolute atomic E-state index is 0.0569. The van der Waals surface area contributed by atoms with Crippen LogP contribution in [0.5, 0.6) is 0 Å². The molecule has 17 nitrogen and oxygen atoms in total. The molecule has 0 radical (unpaired) electrons. The van der Waals surface area contributed by atoms with E-state index in [2.05, 4.69) is 19.5 Å². The number of hydrogen-bond donors (Lipinski definition) is 10. The molecular weight excluding hydrogens is 638 g/mol. The van der Waals surface area contributed by atoms with Crippen LogP contribution < -0.4 is 17.2 Å². The molecule has 14 atom stereocenters. The first-order chi connectivity index (χ1) is 21.2. The van der Waals surface area contributed by atoms with Crippen molar-refractivity contribution in [3.8, 4) is 0 Å². The Bertz CT molecular complexity index is 1090. The van der Waals surface area contributed by atoms with Crippen LogP contribution in [0.3, 0.4) is 0 Å². The number of guanidine groups is 1. The van der Waals surface area contributed by atoms with Crippen molar-refractivity contribution < 1.29 is 77.1 Å². The second-order valence-electron chi connectivity index (χ2n) is 10.8. The van der Waals surface area contributed by atoms with Crippen molar-refractivity contribution in [1.29, 1.82) is 0 Å². The summed E-state index contributed by atoms with van der Waals surface area (Å²) in [6.07, 6.45) is -15.5. The van der Waals surface area contributed by atoms with Crippen molar-refractivity contribution in [2.24, 2.45) is 39.0 Å². The van der Waals surface area contributed by atoms with E-state index in [4.69, 9.17) is 37.3 Å². The highest BCUT2D eigenvalue weighted by Crippen LogP contribution is 2.41. The molecular formula is C25H43F4N5O12. The Labute approximate surface area is 260 Å². The highest BCUT2D eigenvalue weighted by atomic mass is 19.2. The van der Waals surface area contributed by atoms with E-state index in [1.54, 1.807) is 0 Å². The van der Waals surface area contributed by atoms with Gasteiger partial charge in [-0.05, 0) is 13.8 Å². The van der Waals surface area contributed by atoms with Crippen molar-refractivity contribution in [2.45, 2.75) is 100 Å². The summed E-state index contributed by atoms with van der Waals surface area (Å²) in [5, 5.41) is 65.5. The maximum Gasteiger partial charge on any atom is 0.375 e. The van der Waals surface area contributed by atoms with Gasteiger partial charge in [-0.2, -0.15) is 8.78 Å². The van der Waals surface area contributed by atoms with Crippen LogP contribution in [0.15, 0.2) is 9.98 Å². The van der Waals surface area contributed by atoms with E-state index in [-0.39, 0.29) is 12.4 Å². The van der Waals surface area contributed by atoms with Gasteiger partial charge < -0.3 is 67.2 Å². The number of nitrogens with zero attached hydrogens (tertiary/aromatic N) is 2. The number of aliphatic imine (C=N–C) groups is 2. The fourth-order valence-electron chi connectivity index (χ4n) is 4.85. The van der Waals surface area contributed by atoms with Crippen LogP contribution >= 0.6 is 0 Å². The van der Waals surface area contributed by atoms with E-state index in [1.165, 1.54) is 27.7 Å². The smallest absolute Gasteiger partial charge is 0.375 e. The van der Waals surface area contributed by atoms with Crippen molar-refractivity contribution in [2.75, 3.05) is 19.8 Å². The lowest BCUT2D eigenvalue weighted by atomic mass is 9.82. The van der Waals surface area contributed by atoms with Crippen molar-refractivity contribution in [3.63, 3.8) is 0 Å². The van der Waals surface area contributed by atoms with Crippen LogP contribution in [0, 0.1) is 11.8 Å². The molecule has 0 saturated carbocycles. The molecule has 2 aliphatic rings. The van der Waals surface area contributed by atoms with Crippen molar-refractivity contribution >= 4 is 23.7 Å². The van der Waals surface area contributed by atoms with Crippen LogP contribution in [0.25, 0.3) is 0 Å². The van der Waals surface area contributed by atoms with Gasteiger partial charge in [0.1, 0.15) is 24.4 Å². The first-order valence-corrected chi connectivity index (χ1v) is 13.9. The molecule has 0 aromatic rings. The third-order valence-electron chi connectivity index (χ3n) is 7.37. The second-order valence-corrected chi connectivity index (χ2v) is 10.8. The van der Waals surface area contributed by atoms with E-state index in [9.17, 15) is 47.6 Å². The van der Waals surface area contributed by atoms with Gasteiger partial charge in [0.05, 0.1) is 49.9 Å². The molecule has 2 heterocycles. The molecule has 2 rings (SSSR count). The number of amidine groups is 1. The molecule has 0 bridgehead atoms. The summed E-state index contributed by atoms with van der Waals surface area (Å²) in [6, 6.07) is -3.12. The number of carboxylic acids is 1. The molecule has 10 unspecified atom stereocenters. The Morgan fingerprint density at radius 2 is 1.24 bits per heavy atom. The van der Waals surface area contributed by atoms with Crippen LogP contribution in [0.4, 0.5) is 17.6 Å². The summed E-state index contributed by atoms with van der Waals surface area (Å²) in [5.41, 5.74) is 15.7. The Hall–Kier alpha value is -2.92. The van der Waals surface area contributed by atoms with Gasteiger partial charge in [0.25, 0.3) is 0 Å². The zero-order valence-electron chi connectivity index (χ0n) is 25.4. The molecule has 13 N–H and O–H groups in total. The molecule has 46 heavy (non-hydrogen) atoms. The van der Waals surface area contributed by atoms with Gasteiger partial charge >= 0.3 is 23.6 Å². The standard InChI is InChI=1S/C14H24F2N2O6.C11H19F2N3O6/c1-4-23-13(22)14(16)12(15)9(18-7(3)17)6(2)11(24-14)10(21)8(20)5-19;1-3-5(16-10(14)15)8(12)11(13,9(20)21)22-7(3)6(19)4(18)2-17/h6,8-12,19-21H,4-5H2,1-3H3,(H2,17,18);3-8,17-19H,2H2,1H3,(H,20,21)(H4,14,15,16)/t6?,8-,9?,10-,11?,12?,14?;3?,4-,5?,6-,7?,8?,11?/m11/s1. The van der Waals surface area contributed by atoms with Crippen LogP contribution in [0.2, 0.25) is 0 Å². The van der Waals surface area contributed by atoms with Crippen LogP contribution in [-0.2, 0) is 23.8 Å². The summed E-state index contributed by atoms with van der Waals surface area (Å²) in [6.45, 7) is 3.48. The Morgan fingerprint density at radius 3 is 1.59 bits per heavy atom. The van der Waals surface area contributed by atoms with Gasteiger partial charge in [-0.15, -0.1) is 0 Å². The monoisotopic (exact) mass is 681 g/mol. The zero-order chi connectivity index (χ0) is 35.9. The van der Waals surface area contributed by atoms with Gasteiger partial charge in [-0.25, -0.2) is 23.4 Å². The number of carbonyl (C=O) groups is 2. The molecule has 0 aliphatic carbocycles. The lowest BCUT2D eigenvalue weighted by Gasteiger charge is -2.45. The normalized spacial score (nSPS) is 37.5. The number of halogens is 4. The SMILES string of the molecule is CC1C(N=C(N)N)C(F)C(F)(C(=O)O)OC1[C@H](O)[C@H](O)CO.CCOC(=O)C1(F)OC([C@H](O)[C@H](O)CO)C(C)C(N=C(C)N)C1F. The van der Waals surface area contributed by atoms with Crippen molar-refractivity contribution in [3.05, 3.63) is 0 Å². The number of nitrogens with two attached hydrogens (primary N) is 3. The molecule has 0 spiro atoms. The first-order valence-electron chi connectivity index (χ1n) is 13.9. The number of aliphatic carboxylic acids is 1. The van der Waals surface area contributed by atoms with E-state index in [0.29, 0.717) is 0 Å². The number of esters is 1.